The van der Waals surface area contributed by atoms with E-state index in [9.17, 15) is 0 Å². The smallest absolute Gasteiger partial charge is 0.0726 e. The molecule has 0 heterocycles. The summed E-state index contributed by atoms with van der Waals surface area (Å²) in [5.41, 5.74) is 0. The summed E-state index contributed by atoms with van der Waals surface area (Å²) in [6, 6.07) is 0. The number of rotatable bonds is 7. The van der Waals surface area contributed by atoms with Crippen molar-refractivity contribution in [3.63, 3.8) is 0 Å². The van der Waals surface area contributed by atoms with Crippen molar-refractivity contribution >= 4 is 0 Å². The van der Waals surface area contributed by atoms with E-state index in [1.54, 1.807) is 0 Å². The molecule has 1 aliphatic carbocycles. The van der Waals surface area contributed by atoms with Crippen molar-refractivity contribution in [3.05, 3.63) is 0 Å². The Bertz CT molecular complexity index is 193. The zero-order valence-electron chi connectivity index (χ0n) is 12.2. The maximum Gasteiger partial charge on any atom is 0.0726 e. The fraction of sp³-hybridized carbons (Fsp3) is 1.00. The normalized spacial score (nSPS) is 27.4. The molecule has 1 N–H and O–H groups in total. The second kappa shape index (κ2) is 8.10. The highest BCUT2D eigenvalue weighted by Gasteiger charge is 2.25. The summed E-state index contributed by atoms with van der Waals surface area (Å²) in [6.07, 6.45) is 7.54. The van der Waals surface area contributed by atoms with E-state index in [4.69, 9.17) is 4.74 Å². The summed E-state index contributed by atoms with van der Waals surface area (Å²) in [6.45, 7) is 11.0. The van der Waals surface area contributed by atoms with Crippen LogP contribution in [0.25, 0.3) is 0 Å². The molecule has 17 heavy (non-hydrogen) atoms. The van der Waals surface area contributed by atoms with Crippen molar-refractivity contribution in [2.45, 2.75) is 72.0 Å². The van der Waals surface area contributed by atoms with Gasteiger partial charge in [-0.2, -0.15) is 0 Å². The third-order valence-corrected chi connectivity index (χ3v) is 4.02. The molecular formula is C15H31NO. The zero-order valence-corrected chi connectivity index (χ0v) is 12.2. The fourth-order valence-corrected chi connectivity index (χ4v) is 2.71. The first-order chi connectivity index (χ1) is 8.17. The Kier molecular flexibility index (Phi) is 7.14. The highest BCUT2D eigenvalue weighted by atomic mass is 16.5. The molecule has 3 atom stereocenters. The predicted octanol–water partition coefficient (Wildman–Crippen LogP) is 3.61. The Hall–Kier alpha value is -0.0800. The van der Waals surface area contributed by atoms with Crippen LogP contribution in [-0.2, 0) is 4.74 Å². The lowest BCUT2D eigenvalue weighted by molar-refractivity contribution is -0.0584. The lowest BCUT2D eigenvalue weighted by Gasteiger charge is -2.33. The molecule has 0 bridgehead atoms. The van der Waals surface area contributed by atoms with E-state index in [0.717, 1.165) is 19.0 Å². The molecule has 2 heteroatoms. The van der Waals surface area contributed by atoms with Gasteiger partial charge < -0.3 is 10.1 Å². The molecule has 102 valence electrons. The summed E-state index contributed by atoms with van der Waals surface area (Å²) in [5, 5.41) is 3.42. The van der Waals surface area contributed by atoms with Crippen LogP contribution in [0.1, 0.15) is 59.8 Å². The molecule has 3 unspecified atom stereocenters. The molecule has 0 spiro atoms. The van der Waals surface area contributed by atoms with Gasteiger partial charge in [0.2, 0.25) is 0 Å². The van der Waals surface area contributed by atoms with Crippen molar-refractivity contribution in [3.8, 4) is 0 Å². The van der Waals surface area contributed by atoms with Crippen LogP contribution in [0.3, 0.4) is 0 Å². The molecule has 0 aliphatic heterocycles. The first-order valence-corrected chi connectivity index (χ1v) is 7.53. The molecule has 1 fully saturated rings. The lowest BCUT2D eigenvalue weighted by Crippen LogP contribution is -2.37. The monoisotopic (exact) mass is 241 g/mol. The van der Waals surface area contributed by atoms with Crippen molar-refractivity contribution in [2.75, 3.05) is 13.1 Å². The second-order valence-corrected chi connectivity index (χ2v) is 5.79. The summed E-state index contributed by atoms with van der Waals surface area (Å²) < 4.78 is 6.32. The molecule has 1 aliphatic rings. The van der Waals surface area contributed by atoms with Gasteiger partial charge in [-0.3, -0.25) is 0 Å². The molecule has 0 radical (unpaired) electrons. The predicted molar refractivity (Wildman–Crippen MR) is 74.3 cm³/mol. The SMILES string of the molecule is CCNCC(OC1CCCC(CC)C1)C(C)C. The van der Waals surface area contributed by atoms with Gasteiger partial charge in [0.15, 0.2) is 0 Å². The Morgan fingerprint density at radius 3 is 2.59 bits per heavy atom. The highest BCUT2D eigenvalue weighted by Crippen LogP contribution is 2.29. The van der Waals surface area contributed by atoms with E-state index in [1.807, 2.05) is 0 Å². The van der Waals surface area contributed by atoms with E-state index < -0.39 is 0 Å². The lowest BCUT2D eigenvalue weighted by atomic mass is 9.85. The average Bonchev–Trinajstić information content (AvgIpc) is 2.34. The maximum atomic E-state index is 6.32. The molecule has 2 nitrogen and oxygen atoms in total. The molecule has 0 amide bonds. The van der Waals surface area contributed by atoms with E-state index in [2.05, 4.69) is 33.0 Å². The second-order valence-electron chi connectivity index (χ2n) is 5.79. The van der Waals surface area contributed by atoms with Crippen LogP contribution in [0.4, 0.5) is 0 Å². The maximum absolute atomic E-state index is 6.32. The Morgan fingerprint density at radius 1 is 1.24 bits per heavy atom. The summed E-state index contributed by atoms with van der Waals surface area (Å²) in [7, 11) is 0. The summed E-state index contributed by atoms with van der Waals surface area (Å²) >= 11 is 0. The standard InChI is InChI=1S/C15H31NO/c1-5-13-8-7-9-14(10-13)17-15(12(3)4)11-16-6-2/h12-16H,5-11H2,1-4H3. The minimum absolute atomic E-state index is 0.385. The number of hydrogen-bond donors (Lipinski definition) is 1. The topological polar surface area (TPSA) is 21.3 Å². The third-order valence-electron chi connectivity index (χ3n) is 4.02. The van der Waals surface area contributed by atoms with E-state index in [0.29, 0.717) is 18.1 Å². The van der Waals surface area contributed by atoms with Gasteiger partial charge in [-0.05, 0) is 31.2 Å². The van der Waals surface area contributed by atoms with E-state index in [1.165, 1.54) is 32.1 Å². The van der Waals surface area contributed by atoms with Gasteiger partial charge in [-0.25, -0.2) is 0 Å². The number of likely N-dealkylation sites (N-methyl/N-ethyl adjacent to an activating group) is 1. The molecule has 1 rings (SSSR count). The van der Waals surface area contributed by atoms with Gasteiger partial charge in [0.05, 0.1) is 12.2 Å². The van der Waals surface area contributed by atoms with Crippen molar-refractivity contribution in [1.29, 1.82) is 0 Å². The van der Waals surface area contributed by atoms with Crippen LogP contribution in [0, 0.1) is 11.8 Å². The first-order valence-electron chi connectivity index (χ1n) is 7.53. The minimum Gasteiger partial charge on any atom is -0.373 e. The van der Waals surface area contributed by atoms with Gasteiger partial charge in [-0.1, -0.05) is 47.0 Å². The highest BCUT2D eigenvalue weighted by molar-refractivity contribution is 4.76. The molecular weight excluding hydrogens is 210 g/mol. The van der Waals surface area contributed by atoms with Crippen molar-refractivity contribution in [2.24, 2.45) is 11.8 Å². The first kappa shape index (κ1) is 15.0. The Labute approximate surface area is 108 Å². The molecule has 0 aromatic rings. The van der Waals surface area contributed by atoms with Crippen LogP contribution in [0.15, 0.2) is 0 Å². The van der Waals surface area contributed by atoms with Crippen molar-refractivity contribution < 1.29 is 4.74 Å². The van der Waals surface area contributed by atoms with Crippen LogP contribution >= 0.6 is 0 Å². The van der Waals surface area contributed by atoms with Crippen molar-refractivity contribution in [1.82, 2.24) is 5.32 Å². The molecule has 0 saturated heterocycles. The van der Waals surface area contributed by atoms with Gasteiger partial charge in [0, 0.05) is 6.54 Å². The molecule has 0 aromatic carbocycles. The number of nitrogens with one attached hydrogen (secondary N) is 1. The molecule has 1 saturated carbocycles. The van der Waals surface area contributed by atoms with Gasteiger partial charge in [-0.15, -0.1) is 0 Å². The van der Waals surface area contributed by atoms with Gasteiger partial charge in [0.25, 0.3) is 0 Å². The van der Waals surface area contributed by atoms with E-state index >= 15 is 0 Å². The van der Waals surface area contributed by atoms with Gasteiger partial charge >= 0.3 is 0 Å². The third kappa shape index (κ3) is 5.39. The Morgan fingerprint density at radius 2 is 2.00 bits per heavy atom. The zero-order chi connectivity index (χ0) is 12.7. The van der Waals surface area contributed by atoms with Crippen LogP contribution in [-0.4, -0.2) is 25.3 Å². The Balaban J connectivity index is 2.37. The number of hydrogen-bond acceptors (Lipinski definition) is 2. The average molecular weight is 241 g/mol. The van der Waals surface area contributed by atoms with Crippen LogP contribution in [0.2, 0.25) is 0 Å². The fourth-order valence-electron chi connectivity index (χ4n) is 2.71. The molecule has 0 aromatic heterocycles. The minimum atomic E-state index is 0.385. The van der Waals surface area contributed by atoms with Crippen LogP contribution < -0.4 is 5.32 Å². The quantitative estimate of drug-likeness (QED) is 0.735. The largest absolute Gasteiger partial charge is 0.373 e. The number of ether oxygens (including phenoxy) is 1. The van der Waals surface area contributed by atoms with Crippen LogP contribution in [0.5, 0.6) is 0 Å². The summed E-state index contributed by atoms with van der Waals surface area (Å²) in [4.78, 5) is 0. The summed E-state index contributed by atoms with van der Waals surface area (Å²) in [5.74, 6) is 1.51. The van der Waals surface area contributed by atoms with E-state index in [-0.39, 0.29) is 0 Å². The van der Waals surface area contributed by atoms with Gasteiger partial charge in [0.1, 0.15) is 0 Å².